The van der Waals surface area contributed by atoms with Gasteiger partial charge in [-0.3, -0.25) is 0 Å². The largest absolute Gasteiger partial charge is 0.392 e. The lowest BCUT2D eigenvalue weighted by Crippen LogP contribution is -2.45. The topological polar surface area (TPSA) is 26.7 Å². The molecule has 1 aliphatic rings. The number of aliphatic hydroxyl groups excluding tert-OH is 1. The summed E-state index contributed by atoms with van der Waals surface area (Å²) in [4.78, 5) is 4.66. The van der Waals surface area contributed by atoms with Crippen LogP contribution in [0.15, 0.2) is 18.2 Å². The molecule has 3 nitrogen and oxygen atoms in total. The third-order valence-electron chi connectivity index (χ3n) is 3.76. The van der Waals surface area contributed by atoms with Crippen molar-refractivity contribution in [2.75, 3.05) is 32.1 Å². The zero-order chi connectivity index (χ0) is 13.1. The van der Waals surface area contributed by atoms with E-state index in [2.05, 4.69) is 23.9 Å². The Hall–Kier alpha value is -0.770. The van der Waals surface area contributed by atoms with E-state index < -0.39 is 0 Å². The Labute approximate surface area is 114 Å². The van der Waals surface area contributed by atoms with Crippen LogP contribution in [0.1, 0.15) is 18.4 Å². The van der Waals surface area contributed by atoms with Gasteiger partial charge < -0.3 is 14.9 Å². The number of likely N-dealkylation sites (tertiary alicyclic amines) is 1. The van der Waals surface area contributed by atoms with Crippen molar-refractivity contribution in [3.8, 4) is 0 Å². The van der Waals surface area contributed by atoms with Gasteiger partial charge >= 0.3 is 0 Å². The highest BCUT2D eigenvalue weighted by molar-refractivity contribution is 6.31. The molecule has 0 amide bonds. The molecule has 1 N–H and O–H groups in total. The van der Waals surface area contributed by atoms with Crippen molar-refractivity contribution in [2.24, 2.45) is 0 Å². The van der Waals surface area contributed by atoms with E-state index in [-0.39, 0.29) is 6.61 Å². The highest BCUT2D eigenvalue weighted by Crippen LogP contribution is 2.26. The number of hydrogen-bond donors (Lipinski definition) is 1. The van der Waals surface area contributed by atoms with E-state index >= 15 is 0 Å². The molecule has 1 unspecified atom stereocenters. The van der Waals surface area contributed by atoms with Crippen LogP contribution < -0.4 is 4.90 Å². The number of piperidine rings is 1. The molecule has 1 heterocycles. The van der Waals surface area contributed by atoms with Crippen molar-refractivity contribution in [1.29, 1.82) is 0 Å². The van der Waals surface area contributed by atoms with Crippen molar-refractivity contribution in [2.45, 2.75) is 25.5 Å². The van der Waals surface area contributed by atoms with Crippen molar-refractivity contribution >= 4 is 17.3 Å². The van der Waals surface area contributed by atoms with Crippen molar-refractivity contribution in [1.82, 2.24) is 4.90 Å². The summed E-state index contributed by atoms with van der Waals surface area (Å²) in [5.41, 5.74) is 1.91. The van der Waals surface area contributed by atoms with Crippen LogP contribution in [-0.2, 0) is 6.61 Å². The van der Waals surface area contributed by atoms with Crippen LogP contribution in [0.4, 0.5) is 5.69 Å². The first kappa shape index (κ1) is 13.7. The first-order chi connectivity index (χ1) is 8.61. The average Bonchev–Trinajstić information content (AvgIpc) is 2.37. The van der Waals surface area contributed by atoms with Gasteiger partial charge in [-0.1, -0.05) is 17.7 Å². The number of nitrogens with zero attached hydrogens (tertiary/aromatic N) is 2. The normalized spacial score (nSPS) is 21.0. The smallest absolute Gasteiger partial charge is 0.0696 e. The maximum Gasteiger partial charge on any atom is 0.0696 e. The summed E-state index contributed by atoms with van der Waals surface area (Å²) in [6.45, 7) is 2.28. The average molecular weight is 269 g/mol. The van der Waals surface area contributed by atoms with Crippen LogP contribution in [0.25, 0.3) is 0 Å². The number of aliphatic hydroxyl groups is 1. The van der Waals surface area contributed by atoms with Crippen molar-refractivity contribution in [3.05, 3.63) is 28.8 Å². The Morgan fingerprint density at radius 1 is 1.50 bits per heavy atom. The molecule has 0 aliphatic carbocycles. The Bertz CT molecular complexity index is 411. The molecule has 0 saturated carbocycles. The minimum absolute atomic E-state index is 0.00497. The van der Waals surface area contributed by atoms with Crippen LogP contribution in [0.2, 0.25) is 5.02 Å². The lowest BCUT2D eigenvalue weighted by atomic mass is 10.0. The van der Waals surface area contributed by atoms with Gasteiger partial charge in [0.1, 0.15) is 0 Å². The van der Waals surface area contributed by atoms with Gasteiger partial charge in [0, 0.05) is 30.3 Å². The fourth-order valence-electron chi connectivity index (χ4n) is 2.55. The highest BCUT2D eigenvalue weighted by Gasteiger charge is 2.21. The second-order valence-corrected chi connectivity index (χ2v) is 5.51. The summed E-state index contributed by atoms with van der Waals surface area (Å²) in [7, 11) is 4.29. The van der Waals surface area contributed by atoms with Gasteiger partial charge in [0.15, 0.2) is 0 Å². The molecular weight excluding hydrogens is 248 g/mol. The minimum Gasteiger partial charge on any atom is -0.392 e. The zero-order valence-electron chi connectivity index (χ0n) is 11.1. The summed E-state index contributed by atoms with van der Waals surface area (Å²) in [6.07, 6.45) is 2.47. The molecule has 1 saturated heterocycles. The molecular formula is C14H21ClN2O. The van der Waals surface area contributed by atoms with Crippen LogP contribution in [-0.4, -0.2) is 43.2 Å². The summed E-state index contributed by atoms with van der Waals surface area (Å²) in [5, 5.41) is 9.77. The number of hydrogen-bond acceptors (Lipinski definition) is 3. The number of rotatable bonds is 3. The monoisotopic (exact) mass is 268 g/mol. The molecule has 0 bridgehead atoms. The Morgan fingerprint density at radius 2 is 2.28 bits per heavy atom. The number of likely N-dealkylation sites (N-methyl/N-ethyl adjacent to an activating group) is 2. The zero-order valence-corrected chi connectivity index (χ0v) is 11.8. The van der Waals surface area contributed by atoms with E-state index in [1.807, 2.05) is 18.2 Å². The molecule has 4 heteroatoms. The molecule has 0 aromatic heterocycles. The molecule has 18 heavy (non-hydrogen) atoms. The Morgan fingerprint density at radius 3 is 2.89 bits per heavy atom. The molecule has 1 aliphatic heterocycles. The van der Waals surface area contributed by atoms with E-state index in [4.69, 9.17) is 16.7 Å². The predicted molar refractivity (Wildman–Crippen MR) is 76.3 cm³/mol. The van der Waals surface area contributed by atoms with Gasteiger partial charge in [0.25, 0.3) is 0 Å². The molecule has 0 spiro atoms. The lowest BCUT2D eigenvalue weighted by Gasteiger charge is -2.37. The SMILES string of the molecule is CN1CCCC(N(C)c2ccc(CO)c(Cl)c2)C1. The molecule has 100 valence electrons. The predicted octanol–water partition coefficient (Wildman–Crippen LogP) is 2.36. The number of anilines is 1. The van der Waals surface area contributed by atoms with Gasteiger partial charge in [-0.25, -0.2) is 0 Å². The molecule has 0 radical (unpaired) electrons. The fraction of sp³-hybridized carbons (Fsp3) is 0.571. The maximum atomic E-state index is 9.13. The standard InChI is InChI=1S/C14H21ClN2O/c1-16-7-3-4-13(9-16)17(2)12-6-5-11(10-18)14(15)8-12/h5-6,8,13,18H,3-4,7,9-10H2,1-2H3. The third kappa shape index (κ3) is 2.97. The van der Waals surface area contributed by atoms with E-state index in [9.17, 15) is 0 Å². The van der Waals surface area contributed by atoms with Crippen LogP contribution in [0, 0.1) is 0 Å². The van der Waals surface area contributed by atoms with Crippen molar-refractivity contribution in [3.63, 3.8) is 0 Å². The summed E-state index contributed by atoms with van der Waals surface area (Å²) < 4.78 is 0. The van der Waals surface area contributed by atoms with Crippen LogP contribution in [0.3, 0.4) is 0 Å². The van der Waals surface area contributed by atoms with Crippen LogP contribution >= 0.6 is 11.6 Å². The number of benzene rings is 1. The van der Waals surface area contributed by atoms with Gasteiger partial charge in [0.05, 0.1) is 6.61 Å². The third-order valence-corrected chi connectivity index (χ3v) is 4.11. The fourth-order valence-corrected chi connectivity index (χ4v) is 2.78. The number of halogens is 1. The van der Waals surface area contributed by atoms with E-state index in [1.54, 1.807) is 0 Å². The molecule has 1 aromatic rings. The highest BCUT2D eigenvalue weighted by atomic mass is 35.5. The quantitative estimate of drug-likeness (QED) is 0.912. The van der Waals surface area contributed by atoms with Gasteiger partial charge in [-0.05, 0) is 44.1 Å². The Kier molecular flexibility index (Phi) is 4.49. The maximum absolute atomic E-state index is 9.13. The minimum atomic E-state index is -0.00497. The van der Waals surface area contributed by atoms with Gasteiger partial charge in [0.2, 0.25) is 0 Å². The second kappa shape index (κ2) is 5.91. The first-order valence-corrected chi connectivity index (χ1v) is 6.80. The van der Waals surface area contributed by atoms with E-state index in [1.165, 1.54) is 19.4 Å². The summed E-state index contributed by atoms with van der Waals surface area (Å²) in [5.74, 6) is 0. The summed E-state index contributed by atoms with van der Waals surface area (Å²) >= 11 is 6.14. The molecule has 1 atom stereocenters. The van der Waals surface area contributed by atoms with Crippen LogP contribution in [0.5, 0.6) is 0 Å². The molecule has 1 aromatic carbocycles. The Balaban J connectivity index is 2.12. The summed E-state index contributed by atoms with van der Waals surface area (Å²) in [6, 6.07) is 6.42. The second-order valence-electron chi connectivity index (χ2n) is 5.10. The van der Waals surface area contributed by atoms with E-state index in [0.717, 1.165) is 17.8 Å². The van der Waals surface area contributed by atoms with Crippen molar-refractivity contribution < 1.29 is 5.11 Å². The lowest BCUT2D eigenvalue weighted by molar-refractivity contribution is 0.248. The van der Waals surface area contributed by atoms with Gasteiger partial charge in [-0.15, -0.1) is 0 Å². The molecule has 2 rings (SSSR count). The molecule has 1 fully saturated rings. The van der Waals surface area contributed by atoms with E-state index in [0.29, 0.717) is 11.1 Å². The first-order valence-electron chi connectivity index (χ1n) is 6.42. The van der Waals surface area contributed by atoms with Gasteiger partial charge in [-0.2, -0.15) is 0 Å².